The molecule has 1 atom stereocenters. The standard InChI is InChI=1S/C23H29BrN2O3S/c1-18(7-8-19-5-3-2-4-6-19)25-23(27)21-13-15-26(16-14-21)30(28,29)17-20-9-11-22(24)12-10-20/h2-6,9-12,18,21H,7-8,13-17H2,1H3,(H,25,27). The monoisotopic (exact) mass is 492 g/mol. The number of carbonyl (C=O) groups is 1. The number of nitrogens with zero attached hydrogens (tertiary/aromatic N) is 1. The average molecular weight is 493 g/mol. The first-order valence-electron chi connectivity index (χ1n) is 10.4. The number of amides is 1. The van der Waals surface area contributed by atoms with Crippen LogP contribution in [0.25, 0.3) is 0 Å². The highest BCUT2D eigenvalue weighted by Gasteiger charge is 2.31. The van der Waals surface area contributed by atoms with Gasteiger partial charge in [0, 0.05) is 29.5 Å². The van der Waals surface area contributed by atoms with Crippen LogP contribution in [0, 0.1) is 5.92 Å². The van der Waals surface area contributed by atoms with Crippen molar-refractivity contribution < 1.29 is 13.2 Å². The van der Waals surface area contributed by atoms with Gasteiger partial charge in [-0.1, -0.05) is 58.4 Å². The van der Waals surface area contributed by atoms with Crippen molar-refractivity contribution in [2.45, 2.75) is 44.4 Å². The van der Waals surface area contributed by atoms with Gasteiger partial charge in [-0.3, -0.25) is 4.79 Å². The average Bonchev–Trinajstić information content (AvgIpc) is 2.74. The Balaban J connectivity index is 1.44. The molecule has 1 aliphatic heterocycles. The minimum absolute atomic E-state index is 0.00629. The van der Waals surface area contributed by atoms with Gasteiger partial charge in [-0.2, -0.15) is 0 Å². The van der Waals surface area contributed by atoms with Crippen LogP contribution in [0.15, 0.2) is 59.1 Å². The van der Waals surface area contributed by atoms with E-state index in [0.717, 1.165) is 22.9 Å². The number of hydrogen-bond donors (Lipinski definition) is 1. The summed E-state index contributed by atoms with van der Waals surface area (Å²) >= 11 is 3.36. The Hall–Kier alpha value is -1.70. The molecule has 1 fully saturated rings. The lowest BCUT2D eigenvalue weighted by Gasteiger charge is -2.31. The fourth-order valence-electron chi connectivity index (χ4n) is 3.74. The van der Waals surface area contributed by atoms with Gasteiger partial charge in [0.15, 0.2) is 0 Å². The first-order chi connectivity index (χ1) is 14.3. The van der Waals surface area contributed by atoms with Crippen molar-refractivity contribution in [3.8, 4) is 0 Å². The summed E-state index contributed by atoms with van der Waals surface area (Å²) < 4.78 is 27.9. The fraction of sp³-hybridized carbons (Fsp3) is 0.435. The third kappa shape index (κ3) is 6.65. The number of aryl methyl sites for hydroxylation is 1. The zero-order valence-electron chi connectivity index (χ0n) is 17.3. The van der Waals surface area contributed by atoms with Crippen molar-refractivity contribution in [3.05, 3.63) is 70.2 Å². The number of nitrogens with one attached hydrogen (secondary N) is 1. The molecule has 0 aromatic heterocycles. The van der Waals surface area contributed by atoms with Crippen LogP contribution in [0.2, 0.25) is 0 Å². The number of benzene rings is 2. The minimum atomic E-state index is -3.37. The second kappa shape index (κ2) is 10.6. The largest absolute Gasteiger partial charge is 0.353 e. The number of hydrogen-bond acceptors (Lipinski definition) is 3. The Morgan fingerprint density at radius 1 is 1.07 bits per heavy atom. The molecule has 0 spiro atoms. The Kier molecular flexibility index (Phi) is 8.08. The summed E-state index contributed by atoms with van der Waals surface area (Å²) in [6.07, 6.45) is 2.94. The van der Waals surface area contributed by atoms with Gasteiger partial charge >= 0.3 is 0 Å². The van der Waals surface area contributed by atoms with Crippen LogP contribution < -0.4 is 5.32 Å². The van der Waals surface area contributed by atoms with Crippen molar-refractivity contribution in [3.63, 3.8) is 0 Å². The van der Waals surface area contributed by atoms with Crippen molar-refractivity contribution in [1.82, 2.24) is 9.62 Å². The summed E-state index contributed by atoms with van der Waals surface area (Å²) in [4.78, 5) is 12.6. The summed E-state index contributed by atoms with van der Waals surface area (Å²) in [6.45, 7) is 2.82. The molecule has 7 heteroatoms. The molecule has 0 saturated carbocycles. The van der Waals surface area contributed by atoms with Crippen LogP contribution in [-0.4, -0.2) is 37.8 Å². The van der Waals surface area contributed by atoms with Gasteiger partial charge in [-0.25, -0.2) is 12.7 Å². The lowest BCUT2D eigenvalue weighted by molar-refractivity contribution is -0.126. The third-order valence-electron chi connectivity index (χ3n) is 5.58. The van der Waals surface area contributed by atoms with E-state index in [1.807, 2.05) is 49.4 Å². The van der Waals surface area contributed by atoms with Gasteiger partial charge in [0.1, 0.15) is 0 Å². The first-order valence-corrected chi connectivity index (χ1v) is 12.8. The number of halogens is 1. The van der Waals surface area contributed by atoms with Crippen molar-refractivity contribution in [2.24, 2.45) is 5.92 Å². The molecule has 1 saturated heterocycles. The quantitative estimate of drug-likeness (QED) is 0.602. The molecule has 5 nitrogen and oxygen atoms in total. The molecule has 0 bridgehead atoms. The molecule has 2 aromatic rings. The van der Waals surface area contributed by atoms with E-state index in [0.29, 0.717) is 25.9 Å². The van der Waals surface area contributed by atoms with Gasteiger partial charge in [0.2, 0.25) is 15.9 Å². The van der Waals surface area contributed by atoms with Crippen LogP contribution in [0.3, 0.4) is 0 Å². The normalized spacial score (nSPS) is 16.9. The fourth-order valence-corrected chi connectivity index (χ4v) is 5.57. The highest BCUT2D eigenvalue weighted by Crippen LogP contribution is 2.23. The van der Waals surface area contributed by atoms with Gasteiger partial charge in [0.05, 0.1) is 5.75 Å². The topological polar surface area (TPSA) is 66.5 Å². The SMILES string of the molecule is CC(CCc1ccccc1)NC(=O)C1CCN(S(=O)(=O)Cc2ccc(Br)cc2)CC1. The van der Waals surface area contributed by atoms with Crippen LogP contribution in [0.1, 0.15) is 37.3 Å². The first kappa shape index (κ1) is 23.0. The molecule has 0 aliphatic carbocycles. The molecule has 1 amide bonds. The number of piperidine rings is 1. The zero-order valence-corrected chi connectivity index (χ0v) is 19.7. The van der Waals surface area contributed by atoms with Crippen molar-refractivity contribution >= 4 is 31.9 Å². The molecule has 1 unspecified atom stereocenters. The van der Waals surface area contributed by atoms with E-state index in [9.17, 15) is 13.2 Å². The molecule has 0 radical (unpaired) electrons. The molecule has 30 heavy (non-hydrogen) atoms. The van der Waals surface area contributed by atoms with E-state index < -0.39 is 10.0 Å². The van der Waals surface area contributed by atoms with E-state index in [1.54, 1.807) is 0 Å². The second-order valence-electron chi connectivity index (χ2n) is 7.99. The van der Waals surface area contributed by atoms with Crippen LogP contribution >= 0.6 is 15.9 Å². The van der Waals surface area contributed by atoms with Gasteiger partial charge in [-0.05, 0) is 55.9 Å². The predicted octanol–water partition coefficient (Wildman–Crippen LogP) is 4.13. The molecule has 1 heterocycles. The van der Waals surface area contributed by atoms with Crippen molar-refractivity contribution in [2.75, 3.05) is 13.1 Å². The summed E-state index contributed by atoms with van der Waals surface area (Å²) in [6, 6.07) is 17.7. The van der Waals surface area contributed by atoms with Gasteiger partial charge in [0.25, 0.3) is 0 Å². The number of sulfonamides is 1. The Morgan fingerprint density at radius 3 is 2.33 bits per heavy atom. The Bertz CT molecular complexity index is 925. The maximum atomic E-state index is 12.7. The Morgan fingerprint density at radius 2 is 1.70 bits per heavy atom. The maximum Gasteiger partial charge on any atom is 0.223 e. The summed E-state index contributed by atoms with van der Waals surface area (Å²) in [5, 5.41) is 3.11. The second-order valence-corrected chi connectivity index (χ2v) is 10.9. The highest BCUT2D eigenvalue weighted by molar-refractivity contribution is 9.10. The van der Waals surface area contributed by atoms with Crippen LogP contribution in [0.4, 0.5) is 0 Å². The molecule has 1 N–H and O–H groups in total. The molecule has 1 aliphatic rings. The maximum absolute atomic E-state index is 12.7. The lowest BCUT2D eigenvalue weighted by Crippen LogP contribution is -2.45. The molecular formula is C23H29BrN2O3S. The zero-order chi connectivity index (χ0) is 21.6. The van der Waals surface area contributed by atoms with Crippen LogP contribution in [-0.2, 0) is 27.0 Å². The summed E-state index contributed by atoms with van der Waals surface area (Å²) in [5.74, 6) is -0.0861. The lowest BCUT2D eigenvalue weighted by atomic mass is 9.96. The molecule has 3 rings (SSSR count). The minimum Gasteiger partial charge on any atom is -0.353 e. The van der Waals surface area contributed by atoms with E-state index >= 15 is 0 Å². The number of rotatable bonds is 8. The van der Waals surface area contributed by atoms with Crippen molar-refractivity contribution in [1.29, 1.82) is 0 Å². The van der Waals surface area contributed by atoms with E-state index in [2.05, 4.69) is 33.4 Å². The van der Waals surface area contributed by atoms with E-state index in [4.69, 9.17) is 0 Å². The van der Waals surface area contributed by atoms with Gasteiger partial charge < -0.3 is 5.32 Å². The summed E-state index contributed by atoms with van der Waals surface area (Å²) in [5.41, 5.74) is 2.04. The summed E-state index contributed by atoms with van der Waals surface area (Å²) in [7, 11) is -3.37. The smallest absolute Gasteiger partial charge is 0.223 e. The van der Waals surface area contributed by atoms with E-state index in [1.165, 1.54) is 9.87 Å². The van der Waals surface area contributed by atoms with Crippen LogP contribution in [0.5, 0.6) is 0 Å². The molecular weight excluding hydrogens is 464 g/mol. The molecule has 2 aromatic carbocycles. The number of carbonyl (C=O) groups excluding carboxylic acids is 1. The predicted molar refractivity (Wildman–Crippen MR) is 123 cm³/mol. The highest BCUT2D eigenvalue weighted by atomic mass is 79.9. The third-order valence-corrected chi connectivity index (χ3v) is 7.96. The van der Waals surface area contributed by atoms with E-state index in [-0.39, 0.29) is 23.6 Å². The molecule has 162 valence electrons. The van der Waals surface area contributed by atoms with Gasteiger partial charge in [-0.15, -0.1) is 0 Å². The Labute approximate surface area is 188 Å².